The van der Waals surface area contributed by atoms with Gasteiger partial charge in [-0.05, 0) is 23.1 Å². The van der Waals surface area contributed by atoms with Crippen LogP contribution in [0.1, 0.15) is 38.2 Å². The molecule has 1 saturated carbocycles. The monoisotopic (exact) mass is 367 g/mol. The van der Waals surface area contributed by atoms with Crippen molar-refractivity contribution in [2.24, 2.45) is 11.3 Å². The van der Waals surface area contributed by atoms with Crippen molar-refractivity contribution >= 4 is 27.5 Å². The molecule has 1 fully saturated rings. The van der Waals surface area contributed by atoms with E-state index in [4.69, 9.17) is 0 Å². The number of ketones is 2. The van der Waals surface area contributed by atoms with Crippen molar-refractivity contribution in [2.45, 2.75) is 32.6 Å². The number of nitrogens with zero attached hydrogens (tertiary/aromatic N) is 1. The lowest BCUT2D eigenvalue weighted by Gasteiger charge is -2.34. The molecule has 0 radical (unpaired) electrons. The quantitative estimate of drug-likeness (QED) is 0.464. The zero-order chi connectivity index (χ0) is 16.5. The van der Waals surface area contributed by atoms with Crippen LogP contribution in [0.2, 0.25) is 0 Å². The second-order valence-electron chi connectivity index (χ2n) is 6.60. The number of hydrogen-bond acceptors (Lipinski definition) is 4. The first-order valence-corrected chi connectivity index (χ1v) is 7.91. The van der Waals surface area contributed by atoms with Gasteiger partial charge in [0.25, 0.3) is 0 Å². The summed E-state index contributed by atoms with van der Waals surface area (Å²) < 4.78 is 0.846. The van der Waals surface area contributed by atoms with Gasteiger partial charge >= 0.3 is 0 Å². The van der Waals surface area contributed by atoms with Crippen LogP contribution in [-0.2, 0) is 9.59 Å². The summed E-state index contributed by atoms with van der Waals surface area (Å²) >= 11 is 3.31. The Bertz CT molecular complexity index is 589. The Labute approximate surface area is 137 Å². The maximum Gasteiger partial charge on any atom is 0.211 e. The predicted molar refractivity (Wildman–Crippen MR) is 85.3 cm³/mol. The topological polar surface area (TPSA) is 77.3 Å². The van der Waals surface area contributed by atoms with Crippen LogP contribution in [0.5, 0.6) is 0 Å². The van der Waals surface area contributed by atoms with E-state index >= 15 is 0 Å². The molecule has 1 unspecified atom stereocenters. The van der Waals surface area contributed by atoms with Crippen molar-refractivity contribution < 1.29 is 14.5 Å². The van der Waals surface area contributed by atoms with E-state index in [0.717, 1.165) is 4.47 Å². The van der Waals surface area contributed by atoms with Crippen molar-refractivity contribution in [3.63, 3.8) is 0 Å². The van der Waals surface area contributed by atoms with Crippen LogP contribution in [0.4, 0.5) is 0 Å². The number of nitro groups is 1. The van der Waals surface area contributed by atoms with Crippen LogP contribution in [0.15, 0.2) is 28.7 Å². The highest BCUT2D eigenvalue weighted by atomic mass is 79.9. The van der Waals surface area contributed by atoms with Gasteiger partial charge in [-0.25, -0.2) is 0 Å². The normalized spacial score (nSPS) is 20.0. The molecule has 2 rings (SSSR count). The minimum absolute atomic E-state index is 0.184. The number of carbonyl (C=O) groups is 2. The molecule has 0 saturated heterocycles. The number of halogens is 1. The van der Waals surface area contributed by atoms with Gasteiger partial charge in [-0.3, -0.25) is 19.7 Å². The van der Waals surface area contributed by atoms with E-state index in [1.165, 1.54) is 0 Å². The smallest absolute Gasteiger partial charge is 0.211 e. The molecular formula is C16H18BrNO4. The number of carbonyl (C=O) groups excluding carboxylic acids is 2. The van der Waals surface area contributed by atoms with Gasteiger partial charge in [0.15, 0.2) is 0 Å². The fourth-order valence-electron chi connectivity index (χ4n) is 3.13. The number of hydrogen-bond donors (Lipinski definition) is 0. The Kier molecular flexibility index (Phi) is 4.80. The summed E-state index contributed by atoms with van der Waals surface area (Å²) in [6.07, 6.45) is 0.572. The molecule has 1 aliphatic carbocycles. The van der Waals surface area contributed by atoms with E-state index in [-0.39, 0.29) is 29.8 Å². The molecule has 1 aliphatic rings. The molecule has 0 heterocycles. The van der Waals surface area contributed by atoms with Gasteiger partial charge in [0.1, 0.15) is 11.6 Å². The molecule has 0 spiro atoms. The van der Waals surface area contributed by atoms with Crippen LogP contribution in [0.25, 0.3) is 0 Å². The minimum atomic E-state index is -0.903. The molecule has 0 amide bonds. The van der Waals surface area contributed by atoms with E-state index in [2.05, 4.69) is 15.9 Å². The Morgan fingerprint density at radius 1 is 1.23 bits per heavy atom. The predicted octanol–water partition coefficient (Wildman–Crippen LogP) is 3.38. The summed E-state index contributed by atoms with van der Waals surface area (Å²) in [5.41, 5.74) is 0.301. The summed E-state index contributed by atoms with van der Waals surface area (Å²) in [5, 5.41) is 11.0. The van der Waals surface area contributed by atoms with Crippen molar-refractivity contribution in [2.75, 3.05) is 6.54 Å². The van der Waals surface area contributed by atoms with Crippen LogP contribution in [-0.4, -0.2) is 23.0 Å². The molecule has 0 aliphatic heterocycles. The van der Waals surface area contributed by atoms with Crippen LogP contribution in [0.3, 0.4) is 0 Å². The van der Waals surface area contributed by atoms with E-state index < -0.39 is 23.3 Å². The maximum atomic E-state index is 12.4. The van der Waals surface area contributed by atoms with Crippen LogP contribution >= 0.6 is 15.9 Å². The van der Waals surface area contributed by atoms with Gasteiger partial charge in [-0.15, -0.1) is 0 Å². The van der Waals surface area contributed by atoms with Crippen molar-refractivity contribution in [3.8, 4) is 0 Å². The first-order chi connectivity index (χ1) is 10.2. The molecular weight excluding hydrogens is 350 g/mol. The van der Waals surface area contributed by atoms with E-state index in [9.17, 15) is 19.7 Å². The van der Waals surface area contributed by atoms with Crippen LogP contribution < -0.4 is 0 Å². The van der Waals surface area contributed by atoms with Gasteiger partial charge in [-0.1, -0.05) is 41.9 Å². The first-order valence-electron chi connectivity index (χ1n) is 7.12. The zero-order valence-electron chi connectivity index (χ0n) is 12.5. The first kappa shape index (κ1) is 16.8. The summed E-state index contributed by atoms with van der Waals surface area (Å²) in [4.78, 5) is 35.4. The fraction of sp³-hybridized carbons (Fsp3) is 0.500. The molecule has 6 heteroatoms. The lowest BCUT2D eigenvalue weighted by atomic mass is 9.66. The second kappa shape index (κ2) is 6.28. The van der Waals surface area contributed by atoms with E-state index in [1.54, 1.807) is 24.3 Å². The number of Topliss-reactive ketones (excluding diaryl/α,β-unsaturated/α-hetero) is 2. The zero-order valence-corrected chi connectivity index (χ0v) is 14.1. The average Bonchev–Trinajstić information content (AvgIpc) is 2.35. The third-order valence-electron chi connectivity index (χ3n) is 4.05. The molecule has 1 aromatic carbocycles. The molecule has 0 bridgehead atoms. The van der Waals surface area contributed by atoms with Gasteiger partial charge in [0.2, 0.25) is 6.54 Å². The van der Waals surface area contributed by atoms with Gasteiger partial charge < -0.3 is 0 Å². The second-order valence-corrected chi connectivity index (χ2v) is 7.52. The highest BCUT2D eigenvalue weighted by Crippen LogP contribution is 2.39. The summed E-state index contributed by atoms with van der Waals surface area (Å²) in [5.74, 6) is -1.97. The van der Waals surface area contributed by atoms with Gasteiger partial charge in [0.05, 0.1) is 11.8 Å². The minimum Gasteiger partial charge on any atom is -0.299 e. The molecule has 118 valence electrons. The third-order valence-corrected chi connectivity index (χ3v) is 4.57. The van der Waals surface area contributed by atoms with E-state index in [0.29, 0.717) is 5.56 Å². The summed E-state index contributed by atoms with van der Waals surface area (Å²) in [6, 6.07) is 7.01. The Morgan fingerprint density at radius 2 is 1.73 bits per heavy atom. The van der Waals surface area contributed by atoms with Crippen molar-refractivity contribution in [3.05, 3.63) is 44.4 Å². The average molecular weight is 368 g/mol. The fourth-order valence-corrected chi connectivity index (χ4v) is 3.39. The number of rotatable bonds is 4. The molecule has 0 aromatic heterocycles. The number of benzene rings is 1. The summed E-state index contributed by atoms with van der Waals surface area (Å²) in [6.45, 7) is 3.34. The van der Waals surface area contributed by atoms with Gasteiger partial charge in [-0.2, -0.15) is 0 Å². The Hall–Kier alpha value is -1.56. The Balaban J connectivity index is 2.37. The highest BCUT2D eigenvalue weighted by molar-refractivity contribution is 9.10. The third kappa shape index (κ3) is 3.80. The lowest BCUT2D eigenvalue weighted by Crippen LogP contribution is -2.42. The van der Waals surface area contributed by atoms with E-state index in [1.807, 2.05) is 13.8 Å². The summed E-state index contributed by atoms with van der Waals surface area (Å²) in [7, 11) is 0. The lowest BCUT2D eigenvalue weighted by molar-refractivity contribution is -0.484. The SMILES string of the molecule is CC1(C)CC(=O)C(C(C[N+](=O)[O-])c2ccc(Br)cc2)C(=O)C1. The molecule has 1 atom stereocenters. The van der Waals surface area contributed by atoms with Gasteiger partial charge in [0, 0.05) is 22.2 Å². The largest absolute Gasteiger partial charge is 0.299 e. The van der Waals surface area contributed by atoms with Crippen molar-refractivity contribution in [1.82, 2.24) is 0 Å². The molecule has 1 aromatic rings. The van der Waals surface area contributed by atoms with Crippen LogP contribution in [0, 0.1) is 21.4 Å². The standard InChI is InChI=1S/C16H18BrNO4/c1-16(2)7-13(19)15(14(20)8-16)12(9-18(21)22)10-3-5-11(17)6-4-10/h3-6,12,15H,7-9H2,1-2H3. The maximum absolute atomic E-state index is 12.4. The molecule has 5 nitrogen and oxygen atoms in total. The molecule has 0 N–H and O–H groups in total. The highest BCUT2D eigenvalue weighted by Gasteiger charge is 2.45. The van der Waals surface area contributed by atoms with Crippen molar-refractivity contribution in [1.29, 1.82) is 0 Å². The Morgan fingerprint density at radius 3 is 2.18 bits per heavy atom. The molecule has 22 heavy (non-hydrogen) atoms.